The topological polar surface area (TPSA) is 39.4 Å². The molecule has 0 bridgehead atoms. The molecular formula is C18H23N3OS. The highest BCUT2D eigenvalue weighted by atomic mass is 32.1. The molecule has 3 aromatic rings. The van der Waals surface area contributed by atoms with Crippen molar-refractivity contribution in [3.8, 4) is 10.4 Å². The van der Waals surface area contributed by atoms with Gasteiger partial charge in [-0.15, -0.1) is 11.3 Å². The van der Waals surface area contributed by atoms with Crippen LogP contribution in [0.25, 0.3) is 16.1 Å². The fraction of sp³-hybridized carbons (Fsp3) is 0.444. The smallest absolute Gasteiger partial charge is 0.142 e. The van der Waals surface area contributed by atoms with Crippen LogP contribution in [0.15, 0.2) is 18.5 Å². The molecule has 3 rings (SSSR count). The lowest BCUT2D eigenvalue weighted by Crippen LogP contribution is -2.01. The number of rotatable bonds is 4. The van der Waals surface area contributed by atoms with Crippen LogP contribution in [0.5, 0.6) is 0 Å². The third-order valence-corrected chi connectivity index (χ3v) is 5.27. The third kappa shape index (κ3) is 2.91. The third-order valence-electron chi connectivity index (χ3n) is 4.15. The van der Waals surface area contributed by atoms with Gasteiger partial charge in [-0.25, -0.2) is 9.97 Å². The van der Waals surface area contributed by atoms with Gasteiger partial charge in [-0.1, -0.05) is 13.8 Å². The van der Waals surface area contributed by atoms with E-state index in [1.165, 1.54) is 10.4 Å². The number of hydrogen-bond donors (Lipinski definition) is 0. The Kier molecular flexibility index (Phi) is 4.25. The maximum Gasteiger partial charge on any atom is 0.142 e. The van der Waals surface area contributed by atoms with Crippen LogP contribution in [0.1, 0.15) is 54.8 Å². The Balaban J connectivity index is 2.26. The molecule has 0 spiro atoms. The van der Waals surface area contributed by atoms with Gasteiger partial charge in [-0.2, -0.15) is 0 Å². The molecule has 0 aliphatic rings. The first-order chi connectivity index (χ1) is 10.9. The lowest BCUT2D eigenvalue weighted by molar-refractivity contribution is 0.120. The van der Waals surface area contributed by atoms with Crippen molar-refractivity contribution >= 4 is 17.0 Å². The molecule has 0 aromatic carbocycles. The lowest BCUT2D eigenvalue weighted by atomic mass is 10.1. The minimum Gasteiger partial charge on any atom is -0.377 e. The summed E-state index contributed by atoms with van der Waals surface area (Å²) in [4.78, 5) is 10.6. The highest BCUT2D eigenvalue weighted by Crippen LogP contribution is 2.33. The van der Waals surface area contributed by atoms with Crippen molar-refractivity contribution in [2.75, 3.05) is 7.11 Å². The fourth-order valence-electron chi connectivity index (χ4n) is 2.77. The van der Waals surface area contributed by atoms with Gasteiger partial charge in [-0.3, -0.25) is 0 Å². The Labute approximate surface area is 141 Å². The van der Waals surface area contributed by atoms with E-state index in [9.17, 15) is 0 Å². The minimum absolute atomic E-state index is 0.00538. The van der Waals surface area contributed by atoms with Crippen molar-refractivity contribution in [3.63, 3.8) is 0 Å². The molecule has 0 radical (unpaired) electrons. The molecule has 0 amide bonds. The molecule has 4 nitrogen and oxygen atoms in total. The zero-order valence-corrected chi connectivity index (χ0v) is 15.4. The Morgan fingerprint density at radius 2 is 1.87 bits per heavy atom. The summed E-state index contributed by atoms with van der Waals surface area (Å²) in [5.74, 6) is 0.399. The molecule has 0 saturated heterocycles. The molecule has 23 heavy (non-hydrogen) atoms. The lowest BCUT2D eigenvalue weighted by Gasteiger charge is -2.13. The average molecular weight is 329 g/mol. The number of thiazole rings is 1. The zero-order valence-electron chi connectivity index (χ0n) is 14.5. The second-order valence-corrected chi connectivity index (χ2v) is 7.46. The van der Waals surface area contributed by atoms with E-state index in [1.807, 2.05) is 6.92 Å². The van der Waals surface area contributed by atoms with Crippen LogP contribution in [0, 0.1) is 13.8 Å². The monoisotopic (exact) mass is 329 g/mol. The first kappa shape index (κ1) is 16.1. The number of methoxy groups -OCH3 is 1. The molecule has 0 N–H and O–H groups in total. The summed E-state index contributed by atoms with van der Waals surface area (Å²) in [5.41, 5.74) is 5.44. The minimum atomic E-state index is -0.00538. The predicted octanol–water partition coefficient (Wildman–Crippen LogP) is 4.91. The summed E-state index contributed by atoms with van der Waals surface area (Å²) in [6.45, 7) is 10.5. The van der Waals surface area contributed by atoms with Gasteiger partial charge < -0.3 is 9.14 Å². The molecule has 0 unspecified atom stereocenters. The van der Waals surface area contributed by atoms with E-state index >= 15 is 0 Å². The van der Waals surface area contributed by atoms with E-state index in [-0.39, 0.29) is 6.10 Å². The number of aromatic nitrogens is 3. The second kappa shape index (κ2) is 6.06. The first-order valence-electron chi connectivity index (χ1n) is 7.90. The molecule has 0 saturated carbocycles. The van der Waals surface area contributed by atoms with Crippen LogP contribution in [0.2, 0.25) is 0 Å². The van der Waals surface area contributed by atoms with Gasteiger partial charge >= 0.3 is 0 Å². The number of nitrogens with zero attached hydrogens (tertiary/aromatic N) is 3. The largest absolute Gasteiger partial charge is 0.377 e. The molecule has 0 aliphatic heterocycles. The number of aryl methyl sites for hydroxylation is 2. The van der Waals surface area contributed by atoms with E-state index in [0.717, 1.165) is 27.6 Å². The van der Waals surface area contributed by atoms with Gasteiger partial charge in [0.05, 0.1) is 27.4 Å². The number of hydrogen-bond acceptors (Lipinski definition) is 4. The number of fused-ring (bicyclic) bond motifs is 1. The van der Waals surface area contributed by atoms with Crippen LogP contribution >= 0.6 is 11.3 Å². The summed E-state index contributed by atoms with van der Waals surface area (Å²) < 4.78 is 7.70. The van der Waals surface area contributed by atoms with Gasteiger partial charge in [0.15, 0.2) is 0 Å². The van der Waals surface area contributed by atoms with Crippen molar-refractivity contribution < 1.29 is 4.74 Å². The quantitative estimate of drug-likeness (QED) is 0.683. The van der Waals surface area contributed by atoms with Gasteiger partial charge in [0.1, 0.15) is 5.65 Å². The van der Waals surface area contributed by atoms with E-state index < -0.39 is 0 Å². The SMILES string of the molecule is CO[C@H](C)c1cc(-c2sc(C)nc2C)cn2cc(C(C)C)nc12. The maximum absolute atomic E-state index is 5.57. The van der Waals surface area contributed by atoms with E-state index in [1.54, 1.807) is 18.4 Å². The normalized spacial score (nSPS) is 13.2. The molecular weight excluding hydrogens is 306 g/mol. The Bertz CT molecular complexity index is 847. The van der Waals surface area contributed by atoms with Crippen molar-refractivity contribution in [1.82, 2.24) is 14.4 Å². The van der Waals surface area contributed by atoms with Gasteiger partial charge in [0, 0.05) is 30.6 Å². The Morgan fingerprint density at radius 3 is 2.43 bits per heavy atom. The van der Waals surface area contributed by atoms with Crippen LogP contribution in [0.3, 0.4) is 0 Å². The summed E-state index contributed by atoms with van der Waals surface area (Å²) >= 11 is 1.73. The number of pyridine rings is 1. The summed E-state index contributed by atoms with van der Waals surface area (Å²) in [6.07, 6.45) is 4.27. The zero-order chi connectivity index (χ0) is 16.7. The maximum atomic E-state index is 5.57. The van der Waals surface area contributed by atoms with E-state index in [2.05, 4.69) is 55.5 Å². The number of imidazole rings is 1. The summed E-state index contributed by atoms with van der Waals surface area (Å²) in [6, 6.07) is 2.19. The fourth-order valence-corrected chi connectivity index (χ4v) is 3.67. The Hall–Kier alpha value is -1.72. The number of ether oxygens (including phenoxy) is 1. The van der Waals surface area contributed by atoms with Gasteiger partial charge in [-0.05, 0) is 32.8 Å². The molecule has 3 heterocycles. The van der Waals surface area contributed by atoms with Crippen molar-refractivity contribution in [2.24, 2.45) is 0 Å². The summed E-state index contributed by atoms with van der Waals surface area (Å²) in [5, 5.41) is 1.09. The molecule has 5 heteroatoms. The highest BCUT2D eigenvalue weighted by Gasteiger charge is 2.17. The van der Waals surface area contributed by atoms with Gasteiger partial charge in [0.2, 0.25) is 0 Å². The van der Waals surface area contributed by atoms with E-state index in [0.29, 0.717) is 5.92 Å². The van der Waals surface area contributed by atoms with Crippen LogP contribution in [0.4, 0.5) is 0 Å². The van der Waals surface area contributed by atoms with E-state index in [4.69, 9.17) is 9.72 Å². The first-order valence-corrected chi connectivity index (χ1v) is 8.72. The van der Waals surface area contributed by atoms with Crippen LogP contribution in [-0.2, 0) is 4.74 Å². The van der Waals surface area contributed by atoms with Crippen molar-refractivity contribution in [2.45, 2.75) is 46.6 Å². The van der Waals surface area contributed by atoms with Crippen LogP contribution in [-0.4, -0.2) is 21.5 Å². The highest BCUT2D eigenvalue weighted by molar-refractivity contribution is 7.15. The Morgan fingerprint density at radius 1 is 1.13 bits per heavy atom. The second-order valence-electron chi connectivity index (χ2n) is 6.26. The predicted molar refractivity (Wildman–Crippen MR) is 95.3 cm³/mol. The summed E-state index contributed by atoms with van der Waals surface area (Å²) in [7, 11) is 1.74. The standard InChI is InChI=1S/C18H23N3OS/c1-10(2)16-9-21-8-14(17-11(3)19-13(5)23-17)7-15(12(4)22-6)18(21)20-16/h7-10,12H,1-6H3/t12-/m1/s1. The molecule has 0 fully saturated rings. The molecule has 0 aliphatic carbocycles. The van der Waals surface area contributed by atoms with Crippen molar-refractivity contribution in [1.29, 1.82) is 0 Å². The molecule has 122 valence electrons. The van der Waals surface area contributed by atoms with Crippen LogP contribution < -0.4 is 0 Å². The van der Waals surface area contributed by atoms with Gasteiger partial charge in [0.25, 0.3) is 0 Å². The van der Waals surface area contributed by atoms with Crippen molar-refractivity contribution in [3.05, 3.63) is 40.4 Å². The molecule has 3 aromatic heterocycles. The average Bonchev–Trinajstić information content (AvgIpc) is 3.08. The molecule has 1 atom stereocenters.